The number of carbonyl (C=O) groups excluding carboxylic acids is 1. The molecule has 23 heavy (non-hydrogen) atoms. The van der Waals surface area contributed by atoms with E-state index in [1.54, 1.807) is 0 Å². The van der Waals surface area contributed by atoms with Crippen LogP contribution in [0.15, 0.2) is 54.6 Å². The second kappa shape index (κ2) is 7.29. The van der Waals surface area contributed by atoms with Crippen molar-refractivity contribution in [2.75, 3.05) is 13.1 Å². The minimum absolute atomic E-state index is 0.0507. The van der Waals surface area contributed by atoms with Crippen molar-refractivity contribution in [2.45, 2.75) is 25.5 Å². The minimum atomic E-state index is 0.0507. The molecule has 2 aromatic rings. The van der Waals surface area contributed by atoms with Crippen molar-refractivity contribution >= 4 is 5.91 Å². The van der Waals surface area contributed by atoms with Crippen LogP contribution in [0.25, 0.3) is 0 Å². The van der Waals surface area contributed by atoms with Gasteiger partial charge >= 0.3 is 0 Å². The third-order valence-corrected chi connectivity index (χ3v) is 4.09. The molecule has 0 aliphatic carbocycles. The van der Waals surface area contributed by atoms with E-state index in [0.717, 1.165) is 30.7 Å². The van der Waals surface area contributed by atoms with Crippen LogP contribution >= 0.6 is 0 Å². The van der Waals surface area contributed by atoms with E-state index >= 15 is 0 Å². The van der Waals surface area contributed by atoms with Crippen molar-refractivity contribution in [3.05, 3.63) is 65.7 Å². The second-order valence-electron chi connectivity index (χ2n) is 5.95. The first kappa shape index (κ1) is 15.6. The maximum atomic E-state index is 12.5. The van der Waals surface area contributed by atoms with Crippen LogP contribution in [0.1, 0.15) is 28.8 Å². The lowest BCUT2D eigenvalue weighted by Gasteiger charge is -2.30. The van der Waals surface area contributed by atoms with Crippen LogP contribution in [-0.2, 0) is 6.61 Å². The van der Waals surface area contributed by atoms with Crippen LogP contribution in [0.3, 0.4) is 0 Å². The van der Waals surface area contributed by atoms with E-state index in [1.165, 1.54) is 0 Å². The van der Waals surface area contributed by atoms with E-state index in [9.17, 15) is 4.79 Å². The van der Waals surface area contributed by atoms with Gasteiger partial charge in [-0.1, -0.05) is 30.3 Å². The van der Waals surface area contributed by atoms with E-state index in [0.29, 0.717) is 18.7 Å². The monoisotopic (exact) mass is 310 g/mol. The minimum Gasteiger partial charge on any atom is -0.489 e. The molecule has 2 N–H and O–H groups in total. The first-order valence-electron chi connectivity index (χ1n) is 8.04. The van der Waals surface area contributed by atoms with Gasteiger partial charge in [0.25, 0.3) is 5.91 Å². The average molecular weight is 310 g/mol. The Balaban J connectivity index is 1.59. The zero-order valence-electron chi connectivity index (χ0n) is 13.2. The summed E-state index contributed by atoms with van der Waals surface area (Å²) in [6, 6.07) is 17.5. The summed E-state index contributed by atoms with van der Waals surface area (Å²) < 4.78 is 5.74. The van der Waals surface area contributed by atoms with Crippen LogP contribution in [0.2, 0.25) is 0 Å². The number of piperidine rings is 1. The molecular formula is C19H22N2O2. The number of carbonyl (C=O) groups is 1. The van der Waals surface area contributed by atoms with Gasteiger partial charge in [0.1, 0.15) is 12.4 Å². The van der Waals surface area contributed by atoms with Gasteiger partial charge in [-0.3, -0.25) is 4.79 Å². The molecule has 1 aliphatic rings. The molecule has 0 radical (unpaired) electrons. The quantitative estimate of drug-likeness (QED) is 0.945. The molecule has 2 aromatic carbocycles. The Morgan fingerprint density at radius 2 is 1.87 bits per heavy atom. The van der Waals surface area contributed by atoms with Gasteiger partial charge < -0.3 is 15.4 Å². The molecule has 0 unspecified atom stereocenters. The number of likely N-dealkylation sites (tertiary alicyclic amines) is 1. The van der Waals surface area contributed by atoms with E-state index < -0.39 is 0 Å². The predicted molar refractivity (Wildman–Crippen MR) is 90.3 cm³/mol. The fourth-order valence-corrected chi connectivity index (χ4v) is 2.81. The van der Waals surface area contributed by atoms with Gasteiger partial charge in [0.05, 0.1) is 0 Å². The third kappa shape index (κ3) is 4.11. The Morgan fingerprint density at radius 3 is 2.57 bits per heavy atom. The van der Waals surface area contributed by atoms with Gasteiger partial charge in [-0.15, -0.1) is 0 Å². The van der Waals surface area contributed by atoms with Gasteiger partial charge in [-0.25, -0.2) is 0 Å². The van der Waals surface area contributed by atoms with Crippen LogP contribution in [0, 0.1) is 0 Å². The number of ether oxygens (including phenoxy) is 1. The van der Waals surface area contributed by atoms with Crippen molar-refractivity contribution in [1.82, 2.24) is 4.90 Å². The van der Waals surface area contributed by atoms with Gasteiger partial charge in [0.2, 0.25) is 0 Å². The number of hydrogen-bond acceptors (Lipinski definition) is 3. The fraction of sp³-hybridized carbons (Fsp3) is 0.316. The largest absolute Gasteiger partial charge is 0.489 e. The van der Waals surface area contributed by atoms with Gasteiger partial charge in [0.15, 0.2) is 0 Å². The predicted octanol–water partition coefficient (Wildman–Crippen LogP) is 2.83. The number of benzene rings is 2. The third-order valence-electron chi connectivity index (χ3n) is 4.09. The van der Waals surface area contributed by atoms with Crippen LogP contribution in [0.5, 0.6) is 5.75 Å². The lowest BCUT2D eigenvalue weighted by Crippen LogP contribution is -2.45. The molecule has 1 amide bonds. The van der Waals surface area contributed by atoms with E-state index in [-0.39, 0.29) is 11.9 Å². The first-order valence-corrected chi connectivity index (χ1v) is 8.04. The number of hydrogen-bond donors (Lipinski definition) is 1. The van der Waals surface area contributed by atoms with Gasteiger partial charge in [-0.05, 0) is 42.7 Å². The van der Waals surface area contributed by atoms with Crippen LogP contribution < -0.4 is 10.5 Å². The molecule has 4 nitrogen and oxygen atoms in total. The standard InChI is InChI=1S/C19H22N2O2/c20-17-7-4-12-21(13-17)19(22)16-8-10-18(11-9-16)23-14-15-5-2-1-3-6-15/h1-3,5-6,8-11,17H,4,7,12-14,20H2/t17-/m1/s1. The molecule has 1 atom stereocenters. The normalized spacial score (nSPS) is 17.8. The van der Waals surface area contributed by atoms with Gasteiger partial charge in [0, 0.05) is 24.7 Å². The molecule has 1 fully saturated rings. The highest BCUT2D eigenvalue weighted by atomic mass is 16.5. The summed E-state index contributed by atoms with van der Waals surface area (Å²) in [6.45, 7) is 1.96. The van der Waals surface area contributed by atoms with Crippen molar-refractivity contribution < 1.29 is 9.53 Å². The molecule has 0 spiro atoms. The molecular weight excluding hydrogens is 288 g/mol. The molecule has 1 aliphatic heterocycles. The lowest BCUT2D eigenvalue weighted by molar-refractivity contribution is 0.0709. The van der Waals surface area contributed by atoms with E-state index in [2.05, 4.69) is 0 Å². The fourth-order valence-electron chi connectivity index (χ4n) is 2.81. The topological polar surface area (TPSA) is 55.6 Å². The van der Waals surface area contributed by atoms with Crippen LogP contribution in [0.4, 0.5) is 0 Å². The van der Waals surface area contributed by atoms with Crippen molar-refractivity contribution in [3.63, 3.8) is 0 Å². The molecule has 0 aromatic heterocycles. The number of nitrogens with two attached hydrogens (primary N) is 1. The molecule has 3 rings (SSSR count). The lowest BCUT2D eigenvalue weighted by atomic mass is 10.1. The van der Waals surface area contributed by atoms with E-state index in [4.69, 9.17) is 10.5 Å². The van der Waals surface area contributed by atoms with Gasteiger partial charge in [-0.2, -0.15) is 0 Å². The Morgan fingerprint density at radius 1 is 1.13 bits per heavy atom. The Hall–Kier alpha value is -2.33. The Bertz CT molecular complexity index is 640. The molecule has 4 heteroatoms. The van der Waals surface area contributed by atoms with Crippen molar-refractivity contribution in [2.24, 2.45) is 5.73 Å². The summed E-state index contributed by atoms with van der Waals surface area (Å²) in [4.78, 5) is 14.3. The SMILES string of the molecule is N[C@@H]1CCCN(C(=O)c2ccc(OCc3ccccc3)cc2)C1. The Labute approximate surface area is 136 Å². The molecule has 120 valence electrons. The first-order chi connectivity index (χ1) is 11.2. The molecule has 0 bridgehead atoms. The van der Waals surface area contributed by atoms with E-state index in [1.807, 2.05) is 59.5 Å². The van der Waals surface area contributed by atoms with Crippen LogP contribution in [-0.4, -0.2) is 29.9 Å². The number of amides is 1. The average Bonchev–Trinajstić information content (AvgIpc) is 2.61. The molecule has 1 heterocycles. The smallest absolute Gasteiger partial charge is 0.253 e. The molecule has 0 saturated carbocycles. The summed E-state index contributed by atoms with van der Waals surface area (Å²) in [7, 11) is 0. The highest BCUT2D eigenvalue weighted by Gasteiger charge is 2.22. The summed E-state index contributed by atoms with van der Waals surface area (Å²) in [6.07, 6.45) is 1.97. The zero-order chi connectivity index (χ0) is 16.1. The summed E-state index contributed by atoms with van der Waals surface area (Å²) in [5.41, 5.74) is 7.75. The summed E-state index contributed by atoms with van der Waals surface area (Å²) >= 11 is 0. The maximum absolute atomic E-state index is 12.5. The summed E-state index contributed by atoms with van der Waals surface area (Å²) in [5.74, 6) is 0.815. The molecule has 1 saturated heterocycles. The maximum Gasteiger partial charge on any atom is 0.253 e. The van der Waals surface area contributed by atoms with Crippen molar-refractivity contribution in [1.29, 1.82) is 0 Å². The number of rotatable bonds is 4. The van der Waals surface area contributed by atoms with Crippen molar-refractivity contribution in [3.8, 4) is 5.75 Å². The highest BCUT2D eigenvalue weighted by Crippen LogP contribution is 2.17. The summed E-state index contributed by atoms with van der Waals surface area (Å²) in [5, 5.41) is 0. The zero-order valence-corrected chi connectivity index (χ0v) is 13.2. The Kier molecular flexibility index (Phi) is 4.93. The number of nitrogens with zero attached hydrogens (tertiary/aromatic N) is 1. The second-order valence-corrected chi connectivity index (χ2v) is 5.95. The highest BCUT2D eigenvalue weighted by molar-refractivity contribution is 5.94.